The molecule has 1 atom stereocenters. The Kier molecular flexibility index (Phi) is 6.36. The molecular formula is C16H27ClN4O2. The summed E-state index contributed by atoms with van der Waals surface area (Å²) in [7, 11) is 1.90. The Bertz CT molecular complexity index is 621. The van der Waals surface area contributed by atoms with E-state index in [1.807, 2.05) is 27.8 Å². The van der Waals surface area contributed by atoms with Gasteiger partial charge in [-0.15, -0.1) is 12.4 Å². The van der Waals surface area contributed by atoms with Gasteiger partial charge in [-0.2, -0.15) is 0 Å². The molecule has 2 rings (SSSR count). The van der Waals surface area contributed by atoms with Gasteiger partial charge in [0.1, 0.15) is 11.4 Å². The monoisotopic (exact) mass is 342 g/mol. The molecule has 7 heteroatoms. The molecular weight excluding hydrogens is 316 g/mol. The van der Waals surface area contributed by atoms with Gasteiger partial charge in [-0.3, -0.25) is 9.59 Å². The van der Waals surface area contributed by atoms with Crippen molar-refractivity contribution in [3.05, 3.63) is 27.4 Å². The minimum absolute atomic E-state index is 0. The van der Waals surface area contributed by atoms with Crippen LogP contribution in [0.25, 0.3) is 0 Å². The zero-order chi connectivity index (χ0) is 16.5. The lowest BCUT2D eigenvalue weighted by Gasteiger charge is -2.32. The van der Waals surface area contributed by atoms with Crippen molar-refractivity contribution >= 4 is 18.3 Å². The maximum absolute atomic E-state index is 12.7. The maximum Gasteiger partial charge on any atom is 0.264 e. The summed E-state index contributed by atoms with van der Waals surface area (Å²) in [5.74, 6) is 0.393. The average molecular weight is 343 g/mol. The fourth-order valence-corrected chi connectivity index (χ4v) is 2.75. The molecule has 130 valence electrons. The van der Waals surface area contributed by atoms with Crippen molar-refractivity contribution in [1.82, 2.24) is 20.2 Å². The van der Waals surface area contributed by atoms with Crippen LogP contribution in [0.5, 0.6) is 0 Å². The number of rotatable bonds is 2. The van der Waals surface area contributed by atoms with Crippen molar-refractivity contribution in [3.63, 3.8) is 0 Å². The fourth-order valence-electron chi connectivity index (χ4n) is 2.75. The van der Waals surface area contributed by atoms with Crippen LogP contribution in [-0.4, -0.2) is 47.0 Å². The van der Waals surface area contributed by atoms with Gasteiger partial charge in [-0.25, -0.2) is 4.98 Å². The number of likely N-dealkylation sites (N-methyl/N-ethyl adjacent to an activating group) is 1. The van der Waals surface area contributed by atoms with E-state index < -0.39 is 0 Å². The van der Waals surface area contributed by atoms with Gasteiger partial charge in [0.15, 0.2) is 0 Å². The minimum atomic E-state index is -0.339. The molecule has 23 heavy (non-hydrogen) atoms. The molecule has 1 saturated heterocycles. The predicted molar refractivity (Wildman–Crippen MR) is 93.5 cm³/mol. The van der Waals surface area contributed by atoms with E-state index in [2.05, 4.69) is 15.3 Å². The predicted octanol–water partition coefficient (Wildman–Crippen LogP) is 1.62. The highest BCUT2D eigenvalue weighted by Crippen LogP contribution is 2.18. The first-order valence-corrected chi connectivity index (χ1v) is 7.82. The summed E-state index contributed by atoms with van der Waals surface area (Å²) in [4.78, 5) is 34.1. The maximum atomic E-state index is 12.7. The molecule has 1 unspecified atom stereocenters. The topological polar surface area (TPSA) is 78.1 Å². The molecule has 0 saturated carbocycles. The third-order valence-electron chi connectivity index (χ3n) is 4.14. The number of carbonyl (C=O) groups excluding carboxylic acids is 1. The highest BCUT2D eigenvalue weighted by Gasteiger charge is 2.28. The number of likely N-dealkylation sites (tertiary alicyclic amines) is 1. The fraction of sp³-hybridized carbons (Fsp3) is 0.688. The van der Waals surface area contributed by atoms with Crippen LogP contribution < -0.4 is 10.9 Å². The van der Waals surface area contributed by atoms with Crippen LogP contribution >= 0.6 is 12.4 Å². The standard InChI is InChI=1S/C16H26N4O2.ClH/c1-10-12(13(21)19-15(18-10)16(2,3)4)14(22)20-8-6-7-11(9-20)17-5;/h11,17H,6-9H2,1-5H3,(H,18,19,21);1H. The molecule has 0 spiro atoms. The minimum Gasteiger partial charge on any atom is -0.337 e. The van der Waals surface area contributed by atoms with Gasteiger partial charge in [0.2, 0.25) is 0 Å². The van der Waals surface area contributed by atoms with Crippen molar-refractivity contribution in [2.45, 2.75) is 52.0 Å². The lowest BCUT2D eigenvalue weighted by atomic mass is 9.95. The number of aromatic nitrogens is 2. The normalized spacial score (nSPS) is 18.5. The molecule has 2 N–H and O–H groups in total. The van der Waals surface area contributed by atoms with Crippen molar-refractivity contribution < 1.29 is 4.79 Å². The number of carbonyl (C=O) groups is 1. The Morgan fingerprint density at radius 1 is 1.39 bits per heavy atom. The van der Waals surface area contributed by atoms with Crippen LogP contribution in [0, 0.1) is 6.92 Å². The highest BCUT2D eigenvalue weighted by molar-refractivity contribution is 5.95. The SMILES string of the molecule is CNC1CCCN(C(=O)c2c(C)nc(C(C)(C)C)[nH]c2=O)C1.Cl. The molecule has 0 radical (unpaired) electrons. The quantitative estimate of drug-likeness (QED) is 0.856. The molecule has 2 heterocycles. The zero-order valence-electron chi connectivity index (χ0n) is 14.5. The van der Waals surface area contributed by atoms with Crippen molar-refractivity contribution in [3.8, 4) is 0 Å². The van der Waals surface area contributed by atoms with Crippen LogP contribution in [0.3, 0.4) is 0 Å². The summed E-state index contributed by atoms with van der Waals surface area (Å²) in [6.07, 6.45) is 2.00. The number of piperidine rings is 1. The number of hydrogen-bond donors (Lipinski definition) is 2. The summed E-state index contributed by atoms with van der Waals surface area (Å²) in [6, 6.07) is 0.291. The molecule has 1 aromatic heterocycles. The van der Waals surface area contributed by atoms with Crippen LogP contribution in [-0.2, 0) is 5.41 Å². The van der Waals surface area contributed by atoms with Crippen LogP contribution in [0.15, 0.2) is 4.79 Å². The first kappa shape index (κ1) is 19.6. The Morgan fingerprint density at radius 3 is 2.57 bits per heavy atom. The molecule has 0 aromatic carbocycles. The summed E-state index contributed by atoms with van der Waals surface area (Å²) in [5.41, 5.74) is 0.0809. The van der Waals surface area contributed by atoms with Crippen LogP contribution in [0.1, 0.15) is 55.5 Å². The van der Waals surface area contributed by atoms with E-state index in [1.165, 1.54) is 0 Å². The van der Waals surface area contributed by atoms with E-state index >= 15 is 0 Å². The van der Waals surface area contributed by atoms with E-state index in [4.69, 9.17) is 0 Å². The van der Waals surface area contributed by atoms with E-state index in [-0.39, 0.29) is 34.9 Å². The number of amides is 1. The van der Waals surface area contributed by atoms with Gasteiger partial charge >= 0.3 is 0 Å². The first-order chi connectivity index (χ1) is 10.2. The summed E-state index contributed by atoms with van der Waals surface area (Å²) < 4.78 is 0. The summed E-state index contributed by atoms with van der Waals surface area (Å²) >= 11 is 0. The van der Waals surface area contributed by atoms with Gasteiger partial charge in [0.05, 0.1) is 5.69 Å². The average Bonchev–Trinajstić information content (AvgIpc) is 2.45. The number of aryl methyl sites for hydroxylation is 1. The number of hydrogen-bond acceptors (Lipinski definition) is 4. The Hall–Kier alpha value is -1.40. The van der Waals surface area contributed by atoms with Crippen molar-refractivity contribution in [2.75, 3.05) is 20.1 Å². The van der Waals surface area contributed by atoms with Crippen LogP contribution in [0.4, 0.5) is 0 Å². The number of nitrogens with one attached hydrogen (secondary N) is 2. The Balaban J connectivity index is 0.00000264. The van der Waals surface area contributed by atoms with Gasteiger partial charge in [0, 0.05) is 24.5 Å². The number of H-pyrrole nitrogens is 1. The lowest BCUT2D eigenvalue weighted by molar-refractivity contribution is 0.0694. The van der Waals surface area contributed by atoms with E-state index in [1.54, 1.807) is 11.8 Å². The lowest BCUT2D eigenvalue weighted by Crippen LogP contribution is -2.48. The number of nitrogens with zero attached hydrogens (tertiary/aromatic N) is 2. The molecule has 6 nitrogen and oxygen atoms in total. The summed E-state index contributed by atoms with van der Waals surface area (Å²) in [6.45, 7) is 9.00. The summed E-state index contributed by atoms with van der Waals surface area (Å²) in [5, 5.41) is 3.20. The Morgan fingerprint density at radius 2 is 2.04 bits per heavy atom. The van der Waals surface area contributed by atoms with Gasteiger partial charge in [-0.05, 0) is 26.8 Å². The molecule has 0 bridgehead atoms. The van der Waals surface area contributed by atoms with E-state index in [0.29, 0.717) is 30.6 Å². The molecule has 1 aliphatic rings. The van der Waals surface area contributed by atoms with Gasteiger partial charge in [0.25, 0.3) is 11.5 Å². The van der Waals surface area contributed by atoms with Crippen LogP contribution in [0.2, 0.25) is 0 Å². The molecule has 0 aliphatic carbocycles. The second-order valence-electron chi connectivity index (χ2n) is 7.00. The van der Waals surface area contributed by atoms with Gasteiger partial charge < -0.3 is 15.2 Å². The second kappa shape index (κ2) is 7.45. The van der Waals surface area contributed by atoms with Crippen molar-refractivity contribution in [1.29, 1.82) is 0 Å². The van der Waals surface area contributed by atoms with E-state index in [9.17, 15) is 9.59 Å². The smallest absolute Gasteiger partial charge is 0.264 e. The highest BCUT2D eigenvalue weighted by atomic mass is 35.5. The Labute approximate surface area is 143 Å². The molecule has 1 aromatic rings. The third kappa shape index (κ3) is 4.32. The zero-order valence-corrected chi connectivity index (χ0v) is 15.3. The van der Waals surface area contributed by atoms with Gasteiger partial charge in [-0.1, -0.05) is 20.8 Å². The third-order valence-corrected chi connectivity index (χ3v) is 4.14. The van der Waals surface area contributed by atoms with Crippen molar-refractivity contribution in [2.24, 2.45) is 0 Å². The molecule has 1 aliphatic heterocycles. The largest absolute Gasteiger partial charge is 0.337 e. The molecule has 1 amide bonds. The van der Waals surface area contributed by atoms with E-state index in [0.717, 1.165) is 12.8 Å². The number of halogens is 1. The number of aromatic amines is 1. The molecule has 1 fully saturated rings. The second-order valence-corrected chi connectivity index (χ2v) is 7.00. The first-order valence-electron chi connectivity index (χ1n) is 7.82.